The third-order valence-electron chi connectivity index (χ3n) is 4.16. The van der Waals surface area contributed by atoms with Gasteiger partial charge < -0.3 is 10.2 Å². The molecule has 0 saturated carbocycles. The van der Waals surface area contributed by atoms with Crippen LogP contribution < -0.4 is 10.2 Å². The van der Waals surface area contributed by atoms with Crippen molar-refractivity contribution in [2.45, 2.75) is 27.7 Å². The smallest absolute Gasteiger partial charge is 0.242 e. The van der Waals surface area contributed by atoms with E-state index in [1.54, 1.807) is 30.9 Å². The lowest BCUT2D eigenvalue weighted by Gasteiger charge is -2.30. The quantitative estimate of drug-likeness (QED) is 0.790. The van der Waals surface area contributed by atoms with Crippen molar-refractivity contribution in [3.63, 3.8) is 0 Å². The third kappa shape index (κ3) is 4.20. The van der Waals surface area contributed by atoms with Gasteiger partial charge in [-0.25, -0.2) is 0 Å². The molecule has 0 bridgehead atoms. The van der Waals surface area contributed by atoms with Gasteiger partial charge in [0.05, 0.1) is 0 Å². The van der Waals surface area contributed by atoms with Crippen LogP contribution in [-0.4, -0.2) is 18.4 Å². The number of hydrogen-bond donors (Lipinski definition) is 1. The molecule has 0 saturated heterocycles. The first-order chi connectivity index (χ1) is 11.8. The summed E-state index contributed by atoms with van der Waals surface area (Å²) in [6, 6.07) is 14.6. The van der Waals surface area contributed by atoms with Crippen LogP contribution in [0, 0.1) is 12.3 Å². The highest BCUT2D eigenvalue weighted by Crippen LogP contribution is 2.27. The monoisotopic (exact) mass is 358 g/mol. The summed E-state index contributed by atoms with van der Waals surface area (Å²) in [4.78, 5) is 27.3. The highest BCUT2D eigenvalue weighted by Gasteiger charge is 2.39. The Morgan fingerprint density at radius 2 is 1.76 bits per heavy atom. The van der Waals surface area contributed by atoms with Crippen LogP contribution in [0.25, 0.3) is 0 Å². The minimum Gasteiger partial charge on any atom is -0.325 e. The zero-order valence-electron chi connectivity index (χ0n) is 15.0. The van der Waals surface area contributed by atoms with Crippen molar-refractivity contribution >= 4 is 34.8 Å². The predicted octanol–water partition coefficient (Wildman–Crippen LogP) is 4.67. The number of benzene rings is 2. The van der Waals surface area contributed by atoms with Gasteiger partial charge in [-0.05, 0) is 57.5 Å². The van der Waals surface area contributed by atoms with Crippen molar-refractivity contribution in [1.29, 1.82) is 0 Å². The fourth-order valence-corrected chi connectivity index (χ4v) is 2.62. The van der Waals surface area contributed by atoms with Gasteiger partial charge in [0, 0.05) is 22.9 Å². The SMILES string of the molecule is CCN(C(=O)C(C)(C)C(=O)Nc1ccc(C)c(Cl)c1)c1ccccc1. The number of nitrogens with zero attached hydrogens (tertiary/aromatic N) is 1. The van der Waals surface area contributed by atoms with Crippen molar-refractivity contribution in [2.75, 3.05) is 16.8 Å². The molecule has 0 aromatic heterocycles. The molecule has 2 amide bonds. The first-order valence-corrected chi connectivity index (χ1v) is 8.59. The molecule has 4 nitrogen and oxygen atoms in total. The molecule has 0 atom stereocenters. The van der Waals surface area contributed by atoms with Gasteiger partial charge >= 0.3 is 0 Å². The normalized spacial score (nSPS) is 11.1. The van der Waals surface area contributed by atoms with Crippen molar-refractivity contribution in [1.82, 2.24) is 0 Å². The minimum atomic E-state index is -1.22. The summed E-state index contributed by atoms with van der Waals surface area (Å²) >= 11 is 6.10. The largest absolute Gasteiger partial charge is 0.325 e. The van der Waals surface area contributed by atoms with Crippen LogP contribution in [0.15, 0.2) is 48.5 Å². The van der Waals surface area contributed by atoms with Gasteiger partial charge in [-0.1, -0.05) is 35.9 Å². The van der Waals surface area contributed by atoms with Gasteiger partial charge in [0.1, 0.15) is 5.41 Å². The van der Waals surface area contributed by atoms with E-state index in [4.69, 9.17) is 11.6 Å². The maximum absolute atomic E-state index is 13.0. The maximum Gasteiger partial charge on any atom is 0.242 e. The standard InChI is InChI=1S/C20H23ClN2O2/c1-5-23(16-9-7-6-8-10-16)19(25)20(3,4)18(24)22-15-12-11-14(2)17(21)13-15/h6-13H,5H2,1-4H3,(H,22,24). The van der Waals surface area contributed by atoms with Gasteiger partial charge in [0.15, 0.2) is 0 Å². The lowest BCUT2D eigenvalue weighted by Crippen LogP contribution is -2.47. The fraction of sp³-hybridized carbons (Fsp3) is 0.300. The number of amides is 2. The molecule has 0 aliphatic carbocycles. The lowest BCUT2D eigenvalue weighted by atomic mass is 9.89. The van der Waals surface area contributed by atoms with Crippen molar-refractivity contribution in [3.05, 3.63) is 59.1 Å². The molecule has 1 N–H and O–H groups in total. The van der Waals surface area contributed by atoms with Gasteiger partial charge in [0.25, 0.3) is 0 Å². The minimum absolute atomic E-state index is 0.253. The van der Waals surface area contributed by atoms with Gasteiger partial charge in [-0.15, -0.1) is 0 Å². The molecule has 0 aliphatic heterocycles. The Kier molecular flexibility index (Phi) is 5.85. The number of para-hydroxylation sites is 1. The molecule has 0 heterocycles. The molecule has 0 unspecified atom stereocenters. The molecule has 25 heavy (non-hydrogen) atoms. The third-order valence-corrected chi connectivity index (χ3v) is 4.57. The second-order valence-electron chi connectivity index (χ2n) is 6.43. The summed E-state index contributed by atoms with van der Waals surface area (Å²) in [6.45, 7) is 7.52. The number of anilines is 2. The van der Waals surface area contributed by atoms with E-state index >= 15 is 0 Å². The highest BCUT2D eigenvalue weighted by molar-refractivity contribution is 6.31. The Balaban J connectivity index is 2.21. The molecule has 2 aromatic rings. The van der Waals surface area contributed by atoms with Gasteiger partial charge in [-0.3, -0.25) is 9.59 Å². The van der Waals surface area contributed by atoms with E-state index in [-0.39, 0.29) is 11.8 Å². The van der Waals surface area contributed by atoms with E-state index in [1.807, 2.05) is 50.2 Å². The molecule has 0 spiro atoms. The molecular formula is C20H23ClN2O2. The summed E-state index contributed by atoms with van der Waals surface area (Å²) in [5.41, 5.74) is 1.05. The molecule has 0 fully saturated rings. The molecule has 2 rings (SSSR count). The summed E-state index contributed by atoms with van der Waals surface area (Å²) in [7, 11) is 0. The first kappa shape index (κ1) is 19.0. The van der Waals surface area contributed by atoms with Crippen molar-refractivity contribution in [2.24, 2.45) is 5.41 Å². The maximum atomic E-state index is 13.0. The lowest BCUT2D eigenvalue weighted by molar-refractivity contribution is -0.136. The predicted molar refractivity (Wildman–Crippen MR) is 103 cm³/mol. The Labute approximate surface area is 153 Å². The average Bonchev–Trinajstić information content (AvgIpc) is 2.59. The number of aryl methyl sites for hydroxylation is 1. The van der Waals surface area contributed by atoms with E-state index < -0.39 is 5.41 Å². The molecule has 5 heteroatoms. The van der Waals surface area contributed by atoms with E-state index in [1.165, 1.54) is 0 Å². The number of nitrogens with one attached hydrogen (secondary N) is 1. The number of hydrogen-bond acceptors (Lipinski definition) is 2. The molecule has 2 aromatic carbocycles. The van der Waals surface area contributed by atoms with Gasteiger partial charge in [-0.2, -0.15) is 0 Å². The number of carbonyl (C=O) groups excluding carboxylic acids is 2. The Morgan fingerprint density at radius 1 is 1.12 bits per heavy atom. The summed E-state index contributed by atoms with van der Waals surface area (Å²) < 4.78 is 0. The number of rotatable bonds is 5. The summed E-state index contributed by atoms with van der Waals surface area (Å²) in [5.74, 6) is -0.622. The van der Waals surface area contributed by atoms with E-state index in [9.17, 15) is 9.59 Å². The van der Waals surface area contributed by atoms with Crippen LogP contribution in [0.4, 0.5) is 11.4 Å². The number of carbonyl (C=O) groups is 2. The van der Waals surface area contributed by atoms with Crippen LogP contribution in [0.2, 0.25) is 5.02 Å². The van der Waals surface area contributed by atoms with E-state index in [0.717, 1.165) is 11.3 Å². The zero-order chi connectivity index (χ0) is 18.6. The van der Waals surface area contributed by atoms with Crippen molar-refractivity contribution < 1.29 is 9.59 Å². The van der Waals surface area contributed by atoms with E-state index in [2.05, 4.69) is 5.32 Å². The highest BCUT2D eigenvalue weighted by atomic mass is 35.5. The number of halogens is 1. The van der Waals surface area contributed by atoms with Crippen molar-refractivity contribution in [3.8, 4) is 0 Å². The Morgan fingerprint density at radius 3 is 2.32 bits per heavy atom. The Hall–Kier alpha value is -2.33. The molecule has 132 valence electrons. The van der Waals surface area contributed by atoms with Crippen LogP contribution in [0.3, 0.4) is 0 Å². The van der Waals surface area contributed by atoms with Crippen LogP contribution in [0.5, 0.6) is 0 Å². The first-order valence-electron chi connectivity index (χ1n) is 8.22. The van der Waals surface area contributed by atoms with Crippen LogP contribution >= 0.6 is 11.6 Å². The van der Waals surface area contributed by atoms with Crippen LogP contribution in [0.1, 0.15) is 26.3 Å². The molecular weight excluding hydrogens is 336 g/mol. The fourth-order valence-electron chi connectivity index (χ4n) is 2.44. The summed E-state index contributed by atoms with van der Waals surface area (Å²) in [6.07, 6.45) is 0. The topological polar surface area (TPSA) is 49.4 Å². The summed E-state index contributed by atoms with van der Waals surface area (Å²) in [5, 5.41) is 3.36. The van der Waals surface area contributed by atoms with E-state index in [0.29, 0.717) is 17.3 Å². The second-order valence-corrected chi connectivity index (χ2v) is 6.84. The zero-order valence-corrected chi connectivity index (χ0v) is 15.7. The molecule has 0 aliphatic rings. The second kappa shape index (κ2) is 7.70. The Bertz CT molecular complexity index is 773. The van der Waals surface area contributed by atoms with Gasteiger partial charge in [0.2, 0.25) is 11.8 Å². The molecule has 0 radical (unpaired) electrons. The average molecular weight is 359 g/mol. The van der Waals surface area contributed by atoms with Crippen LogP contribution in [-0.2, 0) is 9.59 Å².